The second-order valence-electron chi connectivity index (χ2n) is 6.92. The van der Waals surface area contributed by atoms with Crippen molar-refractivity contribution >= 4 is 6.03 Å². The Morgan fingerprint density at radius 2 is 1.79 bits per heavy atom. The monoisotopic (exact) mass is 385 g/mol. The molecule has 4 rings (SSSR count). The third kappa shape index (κ3) is 4.38. The molecule has 0 saturated heterocycles. The summed E-state index contributed by atoms with van der Waals surface area (Å²) in [6.45, 7) is 0.901. The molecule has 1 saturated carbocycles. The van der Waals surface area contributed by atoms with Crippen LogP contribution in [0.25, 0.3) is 0 Å². The van der Waals surface area contributed by atoms with Gasteiger partial charge in [-0.05, 0) is 12.8 Å². The number of nitrogens with zero attached hydrogens (tertiary/aromatic N) is 6. The Labute approximate surface area is 162 Å². The van der Waals surface area contributed by atoms with Crippen LogP contribution in [0, 0.1) is 0 Å². The molecular formula is C18H23N7O3. The summed E-state index contributed by atoms with van der Waals surface area (Å²) in [6.07, 6.45) is 13.5. The predicted octanol–water partition coefficient (Wildman–Crippen LogP) is 2.67. The molecule has 0 atom stereocenters. The summed E-state index contributed by atoms with van der Waals surface area (Å²) in [5, 5.41) is 11.2. The van der Waals surface area contributed by atoms with Gasteiger partial charge in [-0.15, -0.1) is 10.2 Å². The fourth-order valence-electron chi connectivity index (χ4n) is 3.55. The first kappa shape index (κ1) is 18.2. The molecule has 1 N–H and O–H groups in total. The van der Waals surface area contributed by atoms with Crippen molar-refractivity contribution in [3.8, 4) is 0 Å². The lowest BCUT2D eigenvalue weighted by Gasteiger charge is -2.24. The second kappa shape index (κ2) is 8.68. The molecule has 1 fully saturated rings. The first-order valence-electron chi connectivity index (χ1n) is 9.45. The third-order valence-corrected chi connectivity index (χ3v) is 4.97. The molecule has 28 heavy (non-hydrogen) atoms. The second-order valence-corrected chi connectivity index (χ2v) is 6.92. The molecule has 0 aliphatic heterocycles. The number of urea groups is 1. The standard InChI is InChI=1S/C18H23N7O3/c26-18(19-6-17-23-22-11-25(17)16-4-2-1-3-5-16)24(7-14-9-27-12-20-14)8-15-10-28-13-21-15/h9-13,16H,1-8H2,(H,19,26). The fourth-order valence-corrected chi connectivity index (χ4v) is 3.55. The van der Waals surface area contributed by atoms with E-state index < -0.39 is 0 Å². The predicted molar refractivity (Wildman–Crippen MR) is 96.6 cm³/mol. The number of nitrogens with one attached hydrogen (secondary N) is 1. The molecule has 0 unspecified atom stereocenters. The van der Waals surface area contributed by atoms with Crippen LogP contribution < -0.4 is 5.32 Å². The van der Waals surface area contributed by atoms with E-state index in [1.807, 2.05) is 0 Å². The molecule has 2 amide bonds. The largest absolute Gasteiger partial charge is 0.451 e. The number of carbonyl (C=O) groups excluding carboxylic acids is 1. The molecule has 1 aliphatic rings. The zero-order chi connectivity index (χ0) is 19.2. The van der Waals surface area contributed by atoms with Crippen molar-refractivity contribution < 1.29 is 13.6 Å². The van der Waals surface area contributed by atoms with Crippen molar-refractivity contribution in [2.24, 2.45) is 0 Å². The molecule has 0 radical (unpaired) electrons. The highest BCUT2D eigenvalue weighted by molar-refractivity contribution is 5.74. The molecule has 3 heterocycles. The van der Waals surface area contributed by atoms with Crippen LogP contribution in [0.2, 0.25) is 0 Å². The smallest absolute Gasteiger partial charge is 0.318 e. The Morgan fingerprint density at radius 1 is 1.11 bits per heavy atom. The minimum atomic E-state index is -0.246. The van der Waals surface area contributed by atoms with Crippen molar-refractivity contribution in [1.82, 2.24) is 34.9 Å². The highest BCUT2D eigenvalue weighted by Gasteiger charge is 2.21. The molecule has 0 spiro atoms. The average molecular weight is 385 g/mol. The summed E-state index contributed by atoms with van der Waals surface area (Å²) in [5.74, 6) is 0.767. The Kier molecular flexibility index (Phi) is 5.64. The topological polar surface area (TPSA) is 115 Å². The highest BCUT2D eigenvalue weighted by Crippen LogP contribution is 2.28. The summed E-state index contributed by atoms with van der Waals surface area (Å²) >= 11 is 0. The maximum Gasteiger partial charge on any atom is 0.318 e. The van der Waals surface area contributed by atoms with Gasteiger partial charge in [0, 0.05) is 6.04 Å². The van der Waals surface area contributed by atoms with Gasteiger partial charge in [0.1, 0.15) is 18.9 Å². The summed E-state index contributed by atoms with van der Waals surface area (Å²) in [5.41, 5.74) is 1.31. The normalized spacial score (nSPS) is 14.9. The number of amides is 2. The summed E-state index contributed by atoms with van der Waals surface area (Å²) in [6, 6.07) is 0.168. The van der Waals surface area contributed by atoms with E-state index in [1.165, 1.54) is 44.6 Å². The lowest BCUT2D eigenvalue weighted by molar-refractivity contribution is 0.189. The quantitative estimate of drug-likeness (QED) is 0.665. The van der Waals surface area contributed by atoms with E-state index in [1.54, 1.807) is 11.2 Å². The molecule has 148 valence electrons. The lowest BCUT2D eigenvalue weighted by atomic mass is 9.95. The van der Waals surface area contributed by atoms with E-state index in [-0.39, 0.29) is 6.03 Å². The Morgan fingerprint density at radius 3 is 2.39 bits per heavy atom. The van der Waals surface area contributed by atoms with Gasteiger partial charge >= 0.3 is 6.03 Å². The maximum absolute atomic E-state index is 12.8. The maximum atomic E-state index is 12.8. The lowest BCUT2D eigenvalue weighted by Crippen LogP contribution is -2.39. The highest BCUT2D eigenvalue weighted by atomic mass is 16.3. The van der Waals surface area contributed by atoms with Crippen LogP contribution in [0.1, 0.15) is 55.4 Å². The van der Waals surface area contributed by atoms with E-state index in [9.17, 15) is 4.79 Å². The van der Waals surface area contributed by atoms with Crippen LogP contribution in [0.4, 0.5) is 4.79 Å². The molecule has 10 nitrogen and oxygen atoms in total. The van der Waals surface area contributed by atoms with Gasteiger partial charge in [0.2, 0.25) is 0 Å². The van der Waals surface area contributed by atoms with Gasteiger partial charge in [-0.2, -0.15) is 0 Å². The summed E-state index contributed by atoms with van der Waals surface area (Å²) < 4.78 is 12.1. The van der Waals surface area contributed by atoms with Crippen LogP contribution in [-0.4, -0.2) is 35.7 Å². The first-order valence-corrected chi connectivity index (χ1v) is 9.45. The van der Waals surface area contributed by atoms with E-state index >= 15 is 0 Å². The molecule has 3 aromatic rings. The van der Waals surface area contributed by atoms with Gasteiger partial charge in [0.25, 0.3) is 0 Å². The molecule has 3 aromatic heterocycles. The van der Waals surface area contributed by atoms with Crippen LogP contribution >= 0.6 is 0 Å². The Balaban J connectivity index is 1.40. The molecule has 0 aromatic carbocycles. The molecule has 1 aliphatic carbocycles. The first-order chi connectivity index (χ1) is 13.8. The number of oxazole rings is 2. The zero-order valence-corrected chi connectivity index (χ0v) is 15.5. The minimum Gasteiger partial charge on any atom is -0.451 e. The van der Waals surface area contributed by atoms with Crippen LogP contribution in [-0.2, 0) is 19.6 Å². The van der Waals surface area contributed by atoms with Gasteiger partial charge in [-0.25, -0.2) is 14.8 Å². The van der Waals surface area contributed by atoms with Gasteiger partial charge in [-0.3, -0.25) is 0 Å². The van der Waals surface area contributed by atoms with E-state index in [4.69, 9.17) is 8.83 Å². The van der Waals surface area contributed by atoms with E-state index in [0.29, 0.717) is 37.1 Å². The van der Waals surface area contributed by atoms with Crippen molar-refractivity contribution in [1.29, 1.82) is 0 Å². The van der Waals surface area contributed by atoms with Crippen molar-refractivity contribution in [2.45, 2.75) is 57.8 Å². The zero-order valence-electron chi connectivity index (χ0n) is 15.5. The number of rotatable bonds is 7. The van der Waals surface area contributed by atoms with Crippen molar-refractivity contribution in [3.05, 3.63) is 48.9 Å². The third-order valence-electron chi connectivity index (χ3n) is 4.97. The number of hydrogen-bond donors (Lipinski definition) is 1. The SMILES string of the molecule is O=C(NCc1nncn1C1CCCCC1)N(Cc1cocn1)Cc1cocn1. The fraction of sp³-hybridized carbons (Fsp3) is 0.500. The van der Waals surface area contributed by atoms with Crippen LogP contribution in [0.5, 0.6) is 0 Å². The minimum absolute atomic E-state index is 0.246. The van der Waals surface area contributed by atoms with Gasteiger partial charge < -0.3 is 23.6 Å². The summed E-state index contributed by atoms with van der Waals surface area (Å²) in [4.78, 5) is 22.6. The van der Waals surface area contributed by atoms with Crippen LogP contribution in [0.15, 0.2) is 40.5 Å². The molecular weight excluding hydrogens is 362 g/mol. The Bertz CT molecular complexity index is 818. The number of hydrogen-bond acceptors (Lipinski definition) is 7. The molecule has 10 heteroatoms. The number of aromatic nitrogens is 5. The molecule has 0 bridgehead atoms. The van der Waals surface area contributed by atoms with E-state index in [2.05, 4.69) is 30.0 Å². The van der Waals surface area contributed by atoms with Crippen LogP contribution in [0.3, 0.4) is 0 Å². The van der Waals surface area contributed by atoms with Gasteiger partial charge in [0.15, 0.2) is 18.6 Å². The van der Waals surface area contributed by atoms with Gasteiger partial charge in [0.05, 0.1) is 31.0 Å². The number of carbonyl (C=O) groups is 1. The van der Waals surface area contributed by atoms with E-state index in [0.717, 1.165) is 18.7 Å². The van der Waals surface area contributed by atoms with Crippen molar-refractivity contribution in [3.63, 3.8) is 0 Å². The average Bonchev–Trinajstić information content (AvgIpc) is 3.49. The Hall–Kier alpha value is -3.17. The van der Waals surface area contributed by atoms with Gasteiger partial charge in [-0.1, -0.05) is 19.3 Å². The summed E-state index contributed by atoms with van der Waals surface area (Å²) in [7, 11) is 0. The van der Waals surface area contributed by atoms with Crippen molar-refractivity contribution in [2.75, 3.05) is 0 Å².